The molecule has 2 aromatic carbocycles. The molecule has 0 saturated carbocycles. The number of carbonyl (C=O) groups excluding carboxylic acids is 1. The molecule has 4 nitrogen and oxygen atoms in total. The summed E-state index contributed by atoms with van der Waals surface area (Å²) in [6, 6.07) is 16.0. The van der Waals surface area contributed by atoms with Crippen molar-refractivity contribution in [1.82, 2.24) is 4.98 Å². The quantitative estimate of drug-likeness (QED) is 0.610. The van der Waals surface area contributed by atoms with Crippen LogP contribution >= 0.6 is 0 Å². The zero-order valence-corrected chi connectivity index (χ0v) is 16.5. The van der Waals surface area contributed by atoms with Gasteiger partial charge in [-0.15, -0.1) is 0 Å². The highest BCUT2D eigenvalue weighted by Crippen LogP contribution is 2.27. The summed E-state index contributed by atoms with van der Waals surface area (Å²) in [5, 5.41) is 1.11. The molecule has 3 aromatic rings. The topological polar surface area (TPSA) is 45.3 Å². The molecule has 0 aliphatic rings. The van der Waals surface area contributed by atoms with E-state index in [2.05, 4.69) is 31.8 Å². The Morgan fingerprint density at radius 1 is 1.11 bits per heavy atom. The van der Waals surface area contributed by atoms with Gasteiger partial charge in [0, 0.05) is 41.5 Å². The van der Waals surface area contributed by atoms with Gasteiger partial charge in [0.1, 0.15) is 0 Å². The summed E-state index contributed by atoms with van der Waals surface area (Å²) in [4.78, 5) is 18.6. The predicted octanol–water partition coefficient (Wildman–Crippen LogP) is 5.40. The maximum absolute atomic E-state index is 13.5. The Bertz CT molecular complexity index is 913. The van der Waals surface area contributed by atoms with Gasteiger partial charge in [0.15, 0.2) is 0 Å². The third-order valence-corrected chi connectivity index (χ3v) is 4.77. The van der Waals surface area contributed by atoms with Crippen molar-refractivity contribution >= 4 is 22.5 Å². The maximum atomic E-state index is 13.5. The number of ether oxygens (including phenoxy) is 1. The molecular formula is C23H28N2O2. The van der Waals surface area contributed by atoms with Crippen molar-refractivity contribution in [2.45, 2.75) is 39.8 Å². The van der Waals surface area contributed by atoms with Crippen LogP contribution in [0.15, 0.2) is 54.7 Å². The van der Waals surface area contributed by atoms with Crippen LogP contribution in [0.1, 0.15) is 43.1 Å². The second kappa shape index (κ2) is 8.40. The number of H-pyrrole nitrogens is 1. The molecule has 0 spiro atoms. The van der Waals surface area contributed by atoms with E-state index in [0.717, 1.165) is 28.6 Å². The lowest BCUT2D eigenvalue weighted by Crippen LogP contribution is -2.39. The molecule has 142 valence electrons. The number of nitrogens with zero attached hydrogens (tertiary/aromatic N) is 1. The lowest BCUT2D eigenvalue weighted by molar-refractivity contribution is 0.0975. The average molecular weight is 364 g/mol. The fourth-order valence-corrected chi connectivity index (χ4v) is 3.65. The van der Waals surface area contributed by atoms with Crippen molar-refractivity contribution < 1.29 is 9.53 Å². The lowest BCUT2D eigenvalue weighted by atomic mass is 10.0. The van der Waals surface area contributed by atoms with E-state index in [4.69, 9.17) is 4.74 Å². The molecule has 27 heavy (non-hydrogen) atoms. The average Bonchev–Trinajstić information content (AvgIpc) is 3.09. The highest BCUT2D eigenvalue weighted by molar-refractivity contribution is 6.07. The second-order valence-electron chi connectivity index (χ2n) is 7.54. The van der Waals surface area contributed by atoms with Crippen molar-refractivity contribution in [1.29, 1.82) is 0 Å². The number of hydrogen-bond donors (Lipinski definition) is 1. The molecule has 0 radical (unpaired) electrons. The van der Waals surface area contributed by atoms with E-state index in [1.807, 2.05) is 53.6 Å². The zero-order chi connectivity index (χ0) is 19.4. The minimum absolute atomic E-state index is 0.0241. The first kappa shape index (κ1) is 19.2. The number of hydrogen-bond acceptors (Lipinski definition) is 2. The molecule has 0 saturated heterocycles. The predicted molar refractivity (Wildman–Crippen MR) is 111 cm³/mol. The van der Waals surface area contributed by atoms with Crippen LogP contribution in [0.5, 0.6) is 0 Å². The van der Waals surface area contributed by atoms with Gasteiger partial charge in [0.25, 0.3) is 5.91 Å². The van der Waals surface area contributed by atoms with E-state index >= 15 is 0 Å². The van der Waals surface area contributed by atoms with Crippen LogP contribution in [-0.2, 0) is 11.3 Å². The number of rotatable bonds is 7. The zero-order valence-electron chi connectivity index (χ0n) is 16.5. The Labute approximate surface area is 161 Å². The Morgan fingerprint density at radius 2 is 1.93 bits per heavy atom. The third-order valence-electron chi connectivity index (χ3n) is 4.77. The first-order valence-electron chi connectivity index (χ1n) is 9.48. The first-order chi connectivity index (χ1) is 13.0. The van der Waals surface area contributed by atoms with Gasteiger partial charge in [0.05, 0.1) is 6.61 Å². The smallest absolute Gasteiger partial charge is 0.258 e. The van der Waals surface area contributed by atoms with Gasteiger partial charge in [0.2, 0.25) is 0 Å². The SMILES string of the molecule is COCc1cccc(C(=O)N(c2ccc3[nH]ccc3c2)C(C)CC(C)C)c1. The van der Waals surface area contributed by atoms with Gasteiger partial charge in [-0.2, -0.15) is 0 Å². The Kier molecular flexibility index (Phi) is 5.97. The highest BCUT2D eigenvalue weighted by atomic mass is 16.5. The van der Waals surface area contributed by atoms with Gasteiger partial charge in [-0.25, -0.2) is 0 Å². The Morgan fingerprint density at radius 3 is 2.67 bits per heavy atom. The fourth-order valence-electron chi connectivity index (χ4n) is 3.65. The number of fused-ring (bicyclic) bond motifs is 1. The van der Waals surface area contributed by atoms with Crippen LogP contribution in [0.3, 0.4) is 0 Å². The molecule has 1 N–H and O–H groups in total. The Hall–Kier alpha value is -2.59. The van der Waals surface area contributed by atoms with Crippen molar-refractivity contribution in [2.75, 3.05) is 12.0 Å². The van der Waals surface area contributed by atoms with Crippen molar-refractivity contribution in [3.8, 4) is 0 Å². The number of carbonyl (C=O) groups is 1. The largest absolute Gasteiger partial charge is 0.380 e. The minimum atomic E-state index is 0.0241. The standard InChI is InChI=1S/C23H28N2O2/c1-16(2)12-17(3)25(21-8-9-22-19(14-21)10-11-24-22)23(26)20-7-5-6-18(13-20)15-27-4/h5-11,13-14,16-17,24H,12,15H2,1-4H3. The molecule has 0 aliphatic heterocycles. The van der Waals surface area contributed by atoms with Crippen molar-refractivity contribution in [2.24, 2.45) is 5.92 Å². The molecule has 1 heterocycles. The van der Waals surface area contributed by atoms with E-state index in [1.54, 1.807) is 7.11 Å². The summed E-state index contributed by atoms with van der Waals surface area (Å²) in [7, 11) is 1.66. The maximum Gasteiger partial charge on any atom is 0.258 e. The highest BCUT2D eigenvalue weighted by Gasteiger charge is 2.24. The molecule has 4 heteroatoms. The summed E-state index contributed by atoms with van der Waals surface area (Å²) in [6.07, 6.45) is 2.86. The minimum Gasteiger partial charge on any atom is -0.380 e. The van der Waals surface area contributed by atoms with Gasteiger partial charge < -0.3 is 14.6 Å². The normalized spacial score (nSPS) is 12.5. The molecule has 1 amide bonds. The summed E-state index contributed by atoms with van der Waals surface area (Å²) in [6.45, 7) is 7.00. The van der Waals surface area contributed by atoms with E-state index in [1.165, 1.54) is 0 Å². The summed E-state index contributed by atoms with van der Waals surface area (Å²) in [5.41, 5.74) is 3.69. The van der Waals surface area contributed by atoms with E-state index in [-0.39, 0.29) is 11.9 Å². The number of anilines is 1. The molecular weight excluding hydrogens is 336 g/mol. The number of nitrogens with one attached hydrogen (secondary N) is 1. The molecule has 0 fully saturated rings. The summed E-state index contributed by atoms with van der Waals surface area (Å²) in [5.74, 6) is 0.530. The fraction of sp³-hybridized carbons (Fsp3) is 0.348. The van der Waals surface area contributed by atoms with Crippen LogP contribution in [0, 0.1) is 5.92 Å². The molecule has 3 rings (SSSR count). The number of aromatic nitrogens is 1. The third kappa shape index (κ3) is 4.40. The van der Waals surface area contributed by atoms with Crippen LogP contribution < -0.4 is 4.90 Å². The number of benzene rings is 2. The molecule has 1 unspecified atom stereocenters. The number of amides is 1. The van der Waals surface area contributed by atoms with Crippen LogP contribution in [0.2, 0.25) is 0 Å². The van der Waals surface area contributed by atoms with E-state index in [0.29, 0.717) is 18.1 Å². The van der Waals surface area contributed by atoms with Crippen molar-refractivity contribution in [3.63, 3.8) is 0 Å². The van der Waals surface area contributed by atoms with Crippen molar-refractivity contribution in [3.05, 3.63) is 65.9 Å². The molecule has 0 bridgehead atoms. The van der Waals surface area contributed by atoms with Gasteiger partial charge in [-0.3, -0.25) is 4.79 Å². The van der Waals surface area contributed by atoms with Crippen LogP contribution in [-0.4, -0.2) is 24.0 Å². The lowest BCUT2D eigenvalue weighted by Gasteiger charge is -2.31. The van der Waals surface area contributed by atoms with Gasteiger partial charge in [-0.1, -0.05) is 26.0 Å². The second-order valence-corrected chi connectivity index (χ2v) is 7.54. The molecule has 1 aromatic heterocycles. The van der Waals surface area contributed by atoms with Gasteiger partial charge >= 0.3 is 0 Å². The van der Waals surface area contributed by atoms with Gasteiger partial charge in [-0.05, 0) is 61.2 Å². The monoisotopic (exact) mass is 364 g/mol. The Balaban J connectivity index is 2.00. The molecule has 1 atom stereocenters. The first-order valence-corrected chi connectivity index (χ1v) is 9.48. The van der Waals surface area contributed by atoms with E-state index < -0.39 is 0 Å². The number of methoxy groups -OCH3 is 1. The van der Waals surface area contributed by atoms with Crippen LogP contribution in [0.4, 0.5) is 5.69 Å². The van der Waals surface area contributed by atoms with Crippen LogP contribution in [0.25, 0.3) is 10.9 Å². The number of aromatic amines is 1. The summed E-state index contributed by atoms with van der Waals surface area (Å²) >= 11 is 0. The summed E-state index contributed by atoms with van der Waals surface area (Å²) < 4.78 is 5.22. The van der Waals surface area contributed by atoms with E-state index in [9.17, 15) is 4.79 Å². The molecule has 0 aliphatic carbocycles.